The van der Waals surface area contributed by atoms with Crippen LogP contribution in [0, 0.1) is 5.82 Å². The fourth-order valence-electron chi connectivity index (χ4n) is 4.29. The highest BCUT2D eigenvalue weighted by molar-refractivity contribution is 5.97. The van der Waals surface area contributed by atoms with E-state index in [4.69, 9.17) is 4.74 Å². The molecular formula is C20H23F2N3O4. The van der Waals surface area contributed by atoms with E-state index in [1.54, 1.807) is 0 Å². The Morgan fingerprint density at radius 1 is 1.31 bits per heavy atom. The summed E-state index contributed by atoms with van der Waals surface area (Å²) < 4.78 is 36.1. The number of carboxylic acid groups (broad SMARTS) is 1. The van der Waals surface area contributed by atoms with Gasteiger partial charge in [0.15, 0.2) is 11.6 Å². The number of aromatic carboxylic acids is 1. The van der Waals surface area contributed by atoms with Gasteiger partial charge in [0.2, 0.25) is 5.43 Å². The zero-order chi connectivity index (χ0) is 21.0. The number of rotatable bonds is 4. The van der Waals surface area contributed by atoms with Crippen LogP contribution in [0.2, 0.25) is 0 Å². The summed E-state index contributed by atoms with van der Waals surface area (Å²) in [7, 11) is 1.37. The van der Waals surface area contributed by atoms with Crippen molar-refractivity contribution >= 4 is 22.6 Å². The van der Waals surface area contributed by atoms with E-state index in [1.807, 2.05) is 18.7 Å². The van der Waals surface area contributed by atoms with E-state index in [0.29, 0.717) is 13.1 Å². The van der Waals surface area contributed by atoms with Gasteiger partial charge in [-0.3, -0.25) is 4.79 Å². The lowest BCUT2D eigenvalue weighted by Gasteiger charge is -2.38. The Morgan fingerprint density at radius 2 is 1.93 bits per heavy atom. The third kappa shape index (κ3) is 3.23. The Morgan fingerprint density at radius 3 is 2.45 bits per heavy atom. The van der Waals surface area contributed by atoms with Crippen LogP contribution in [0.1, 0.15) is 36.7 Å². The maximum atomic E-state index is 15.2. The molecule has 1 aromatic carbocycles. The number of ether oxygens (including phenoxy) is 1. The van der Waals surface area contributed by atoms with Crippen molar-refractivity contribution in [3.63, 3.8) is 0 Å². The summed E-state index contributed by atoms with van der Waals surface area (Å²) >= 11 is 0. The number of anilines is 1. The zero-order valence-electron chi connectivity index (χ0n) is 16.4. The van der Waals surface area contributed by atoms with Gasteiger partial charge in [0.1, 0.15) is 17.4 Å². The molecule has 2 aromatic rings. The van der Waals surface area contributed by atoms with Crippen LogP contribution in [0.3, 0.4) is 0 Å². The molecule has 2 heterocycles. The van der Waals surface area contributed by atoms with Gasteiger partial charge in [0.25, 0.3) is 0 Å². The lowest BCUT2D eigenvalue weighted by molar-refractivity contribution is 0.0694. The van der Waals surface area contributed by atoms with E-state index in [-0.39, 0.29) is 40.8 Å². The van der Waals surface area contributed by atoms with Gasteiger partial charge in [0, 0.05) is 37.8 Å². The first-order valence-electron chi connectivity index (χ1n) is 9.56. The minimum atomic E-state index is -1.44. The molecule has 1 saturated heterocycles. The van der Waals surface area contributed by atoms with Crippen molar-refractivity contribution in [2.75, 3.05) is 25.1 Å². The molecular weight excluding hydrogens is 384 g/mol. The molecule has 2 fully saturated rings. The van der Waals surface area contributed by atoms with E-state index in [0.717, 1.165) is 12.3 Å². The molecule has 0 amide bonds. The maximum absolute atomic E-state index is 15.2. The number of hydrogen-bond donors (Lipinski definition) is 2. The first kappa shape index (κ1) is 19.6. The summed E-state index contributed by atoms with van der Waals surface area (Å²) in [4.78, 5) is 26.1. The Balaban J connectivity index is 2.02. The smallest absolute Gasteiger partial charge is 0.341 e. The predicted octanol–water partition coefficient (Wildman–Crippen LogP) is 2.32. The summed E-state index contributed by atoms with van der Waals surface area (Å²) in [6, 6.07) is 0.651. The third-order valence-electron chi connectivity index (χ3n) is 5.54. The molecule has 29 heavy (non-hydrogen) atoms. The number of benzene rings is 1. The minimum absolute atomic E-state index is 0.105. The molecule has 4 atom stereocenters. The maximum Gasteiger partial charge on any atom is 0.341 e. The molecule has 0 unspecified atom stereocenters. The van der Waals surface area contributed by atoms with Crippen molar-refractivity contribution in [2.45, 2.75) is 44.6 Å². The first-order chi connectivity index (χ1) is 13.7. The topological polar surface area (TPSA) is 83.8 Å². The van der Waals surface area contributed by atoms with Crippen LogP contribution in [0.4, 0.5) is 14.5 Å². The van der Waals surface area contributed by atoms with Gasteiger partial charge in [-0.25, -0.2) is 13.6 Å². The molecule has 9 heteroatoms. The van der Waals surface area contributed by atoms with E-state index in [2.05, 4.69) is 5.32 Å². The molecule has 0 radical (unpaired) electrons. The Kier molecular flexibility index (Phi) is 4.72. The third-order valence-corrected chi connectivity index (χ3v) is 5.54. The predicted molar refractivity (Wildman–Crippen MR) is 105 cm³/mol. The van der Waals surface area contributed by atoms with Crippen molar-refractivity contribution in [1.29, 1.82) is 0 Å². The van der Waals surface area contributed by atoms with Crippen molar-refractivity contribution in [2.24, 2.45) is 0 Å². The molecule has 4 rings (SSSR count). The second kappa shape index (κ2) is 6.98. The minimum Gasteiger partial charge on any atom is -0.492 e. The van der Waals surface area contributed by atoms with Crippen molar-refractivity contribution in [1.82, 2.24) is 9.88 Å². The van der Waals surface area contributed by atoms with Crippen LogP contribution in [-0.2, 0) is 0 Å². The summed E-state index contributed by atoms with van der Waals surface area (Å²) in [6.45, 7) is 5.02. The van der Waals surface area contributed by atoms with E-state index in [9.17, 15) is 19.1 Å². The number of carbonyl (C=O) groups is 1. The summed E-state index contributed by atoms with van der Waals surface area (Å²) in [5.74, 6) is -1.99. The van der Waals surface area contributed by atoms with E-state index >= 15 is 4.39 Å². The number of halogens is 2. The molecule has 0 spiro atoms. The van der Waals surface area contributed by atoms with Gasteiger partial charge in [-0.2, -0.15) is 0 Å². The second-order valence-electron chi connectivity index (χ2n) is 7.91. The van der Waals surface area contributed by atoms with Gasteiger partial charge in [0.05, 0.1) is 24.1 Å². The monoisotopic (exact) mass is 407 g/mol. The Hall–Kier alpha value is -2.68. The van der Waals surface area contributed by atoms with E-state index < -0.39 is 35.0 Å². The molecule has 1 aliphatic heterocycles. The lowest BCUT2D eigenvalue weighted by atomic mass is 10.1. The molecule has 1 aromatic heterocycles. The number of hydrogen-bond acceptors (Lipinski definition) is 5. The number of nitrogens with zero attached hydrogens (tertiary/aromatic N) is 2. The summed E-state index contributed by atoms with van der Waals surface area (Å²) in [5, 5.41) is 12.6. The second-order valence-corrected chi connectivity index (χ2v) is 7.91. The molecule has 0 bridgehead atoms. The van der Waals surface area contributed by atoms with Crippen LogP contribution < -0.4 is 20.4 Å². The van der Waals surface area contributed by atoms with Gasteiger partial charge in [-0.05, 0) is 19.9 Å². The standard InChI is InChI=1S/C20H23F2N3O4/c1-9-6-24(7-10(2)23-9)17-14(22)4-11-16(19(17)29-3)25(15-5-13(15)21)8-12(18(11)26)20(27)28/h4,8-10,13,15,23H,5-7H2,1-3H3,(H,27,28)/t9-,10+,13-,15+/m1/s1. The average molecular weight is 407 g/mol. The number of piperazine rings is 1. The normalized spacial score (nSPS) is 26.6. The fourth-order valence-corrected chi connectivity index (χ4v) is 4.29. The summed E-state index contributed by atoms with van der Waals surface area (Å²) in [6.07, 6.45) is 0.193. The number of pyridine rings is 1. The number of nitrogens with one attached hydrogen (secondary N) is 1. The highest BCUT2D eigenvalue weighted by Gasteiger charge is 2.41. The SMILES string of the molecule is COc1c(N2C[C@@H](C)N[C@@H](C)C2)c(F)cc2c(=O)c(C(=O)O)cn([C@H]3C[C@H]3F)c12. The Labute approximate surface area is 165 Å². The molecule has 1 aliphatic carbocycles. The zero-order valence-corrected chi connectivity index (χ0v) is 16.4. The summed E-state index contributed by atoms with van der Waals surface area (Å²) in [5.41, 5.74) is -0.906. The number of fused-ring (bicyclic) bond motifs is 1. The van der Waals surface area contributed by atoms with E-state index in [1.165, 1.54) is 11.7 Å². The van der Waals surface area contributed by atoms with Gasteiger partial charge in [-0.1, -0.05) is 0 Å². The van der Waals surface area contributed by atoms with Crippen molar-refractivity contribution in [3.05, 3.63) is 33.9 Å². The van der Waals surface area contributed by atoms with Crippen LogP contribution in [0.5, 0.6) is 5.75 Å². The highest BCUT2D eigenvalue weighted by Crippen LogP contribution is 2.45. The fraction of sp³-hybridized carbons (Fsp3) is 0.500. The quantitative estimate of drug-likeness (QED) is 0.809. The van der Waals surface area contributed by atoms with Gasteiger partial charge < -0.3 is 24.6 Å². The van der Waals surface area contributed by atoms with Gasteiger partial charge >= 0.3 is 5.97 Å². The van der Waals surface area contributed by atoms with Crippen LogP contribution >= 0.6 is 0 Å². The Bertz CT molecular complexity index is 1040. The van der Waals surface area contributed by atoms with Gasteiger partial charge in [-0.15, -0.1) is 0 Å². The highest BCUT2D eigenvalue weighted by atomic mass is 19.1. The number of aromatic nitrogens is 1. The van der Waals surface area contributed by atoms with Crippen LogP contribution in [0.25, 0.3) is 10.9 Å². The average Bonchev–Trinajstić information content (AvgIpc) is 3.36. The van der Waals surface area contributed by atoms with Crippen LogP contribution in [0.15, 0.2) is 17.1 Å². The molecule has 7 nitrogen and oxygen atoms in total. The number of methoxy groups -OCH3 is 1. The molecule has 2 N–H and O–H groups in total. The first-order valence-corrected chi connectivity index (χ1v) is 9.56. The van der Waals surface area contributed by atoms with Crippen LogP contribution in [-0.4, -0.2) is 54.1 Å². The van der Waals surface area contributed by atoms with Crippen molar-refractivity contribution in [3.8, 4) is 5.75 Å². The number of carboxylic acids is 1. The molecule has 156 valence electrons. The molecule has 1 saturated carbocycles. The lowest BCUT2D eigenvalue weighted by Crippen LogP contribution is -2.54. The molecule has 2 aliphatic rings. The number of alkyl halides is 1. The largest absolute Gasteiger partial charge is 0.492 e. The van der Waals surface area contributed by atoms with Crippen molar-refractivity contribution < 1.29 is 23.4 Å².